The zero-order valence-electron chi connectivity index (χ0n) is 16.3. The van der Waals surface area contributed by atoms with Crippen molar-refractivity contribution in [3.63, 3.8) is 0 Å². The van der Waals surface area contributed by atoms with Crippen LogP contribution in [0.5, 0.6) is 5.75 Å². The molecular formula is C19H19F3N6O2. The number of carbonyl (C=O) groups is 1. The first-order chi connectivity index (χ1) is 14.2. The fourth-order valence-corrected chi connectivity index (χ4v) is 3.35. The standard InChI is InChI=1S/C19H19F3N6O2/c1-12-3-4-15(13(2)9-12)30-11-27-6-5-14(25-27)17(29)26-7-8-28-16(10-26)23-24-18(28)19(20,21)22/h3-6,9H,7-8,10-11H2,1-2H3. The van der Waals surface area contributed by atoms with Crippen molar-refractivity contribution in [2.24, 2.45) is 0 Å². The minimum Gasteiger partial charge on any atom is -0.471 e. The van der Waals surface area contributed by atoms with E-state index in [0.29, 0.717) is 0 Å². The summed E-state index contributed by atoms with van der Waals surface area (Å²) in [5.41, 5.74) is 2.31. The van der Waals surface area contributed by atoms with Gasteiger partial charge in [0.05, 0.1) is 6.54 Å². The van der Waals surface area contributed by atoms with Crippen molar-refractivity contribution in [3.05, 3.63) is 58.9 Å². The van der Waals surface area contributed by atoms with E-state index in [0.717, 1.165) is 21.4 Å². The number of carbonyl (C=O) groups excluding carboxylic acids is 1. The molecule has 0 radical (unpaired) electrons. The van der Waals surface area contributed by atoms with Gasteiger partial charge in [-0.2, -0.15) is 18.3 Å². The highest BCUT2D eigenvalue weighted by molar-refractivity contribution is 5.92. The summed E-state index contributed by atoms with van der Waals surface area (Å²) in [6, 6.07) is 7.37. The van der Waals surface area contributed by atoms with Gasteiger partial charge in [0.2, 0.25) is 5.82 Å². The van der Waals surface area contributed by atoms with Crippen LogP contribution < -0.4 is 4.74 Å². The van der Waals surface area contributed by atoms with Gasteiger partial charge in [-0.1, -0.05) is 17.7 Å². The molecule has 0 unspecified atom stereocenters. The molecule has 11 heteroatoms. The van der Waals surface area contributed by atoms with E-state index in [1.54, 1.807) is 12.3 Å². The highest BCUT2D eigenvalue weighted by atomic mass is 19.4. The predicted molar refractivity (Wildman–Crippen MR) is 98.5 cm³/mol. The van der Waals surface area contributed by atoms with Crippen LogP contribution in [0.25, 0.3) is 0 Å². The average Bonchev–Trinajstić information content (AvgIpc) is 3.33. The number of hydrogen-bond donors (Lipinski definition) is 0. The first-order valence-corrected chi connectivity index (χ1v) is 9.24. The minimum atomic E-state index is -4.58. The highest BCUT2D eigenvalue weighted by Crippen LogP contribution is 2.29. The summed E-state index contributed by atoms with van der Waals surface area (Å²) in [5, 5.41) is 11.0. The molecule has 1 amide bonds. The molecule has 30 heavy (non-hydrogen) atoms. The predicted octanol–water partition coefficient (Wildman–Crippen LogP) is 2.80. The lowest BCUT2D eigenvalue weighted by Crippen LogP contribution is -2.39. The quantitative estimate of drug-likeness (QED) is 0.649. The Morgan fingerprint density at radius 2 is 1.97 bits per heavy atom. The number of amides is 1. The molecule has 0 spiro atoms. The SMILES string of the molecule is Cc1ccc(OCn2ccc(C(=O)N3CCn4c(nnc4C(F)(F)F)C3)n2)c(C)c1. The fraction of sp³-hybridized carbons (Fsp3) is 0.368. The fourth-order valence-electron chi connectivity index (χ4n) is 3.35. The van der Waals surface area contributed by atoms with Gasteiger partial charge in [0.15, 0.2) is 18.2 Å². The van der Waals surface area contributed by atoms with E-state index in [9.17, 15) is 18.0 Å². The monoisotopic (exact) mass is 420 g/mol. The Hall–Kier alpha value is -3.37. The van der Waals surface area contributed by atoms with Crippen LogP contribution >= 0.6 is 0 Å². The number of aromatic nitrogens is 5. The van der Waals surface area contributed by atoms with Gasteiger partial charge in [0.25, 0.3) is 5.91 Å². The molecule has 0 N–H and O–H groups in total. The van der Waals surface area contributed by atoms with Crippen molar-refractivity contribution < 1.29 is 22.7 Å². The summed E-state index contributed by atoms with van der Waals surface area (Å²) >= 11 is 0. The molecule has 1 aliphatic heterocycles. The highest BCUT2D eigenvalue weighted by Gasteiger charge is 2.40. The number of fused-ring (bicyclic) bond motifs is 1. The number of benzene rings is 1. The average molecular weight is 420 g/mol. The van der Waals surface area contributed by atoms with Crippen LogP contribution in [0.4, 0.5) is 13.2 Å². The van der Waals surface area contributed by atoms with Crippen LogP contribution in [0.1, 0.15) is 33.3 Å². The third-order valence-electron chi connectivity index (χ3n) is 4.84. The lowest BCUT2D eigenvalue weighted by molar-refractivity contribution is -0.147. The maximum absolute atomic E-state index is 12.9. The summed E-state index contributed by atoms with van der Waals surface area (Å²) in [5.74, 6) is -0.611. The Balaban J connectivity index is 1.41. The number of ether oxygens (including phenoxy) is 1. The number of nitrogens with zero attached hydrogens (tertiary/aromatic N) is 6. The molecule has 0 atom stereocenters. The molecule has 1 aliphatic rings. The van der Waals surface area contributed by atoms with E-state index in [1.165, 1.54) is 9.58 Å². The first-order valence-electron chi connectivity index (χ1n) is 9.24. The number of aryl methyl sites for hydroxylation is 2. The molecule has 4 rings (SSSR count). The lowest BCUT2D eigenvalue weighted by Gasteiger charge is -2.27. The van der Waals surface area contributed by atoms with Crippen LogP contribution in [0, 0.1) is 13.8 Å². The number of alkyl halides is 3. The molecular weight excluding hydrogens is 401 g/mol. The van der Waals surface area contributed by atoms with Crippen LogP contribution in [0.2, 0.25) is 0 Å². The Kier molecular flexibility index (Phi) is 4.96. The van der Waals surface area contributed by atoms with Gasteiger partial charge in [-0.05, 0) is 31.5 Å². The van der Waals surface area contributed by atoms with Gasteiger partial charge in [0, 0.05) is 19.3 Å². The summed E-state index contributed by atoms with van der Waals surface area (Å²) in [7, 11) is 0. The summed E-state index contributed by atoms with van der Waals surface area (Å²) in [6.07, 6.45) is -2.96. The number of rotatable bonds is 4. The minimum absolute atomic E-state index is 0.0283. The lowest BCUT2D eigenvalue weighted by atomic mass is 10.1. The van der Waals surface area contributed by atoms with Crippen LogP contribution in [0.15, 0.2) is 30.5 Å². The van der Waals surface area contributed by atoms with Crippen molar-refractivity contribution in [1.29, 1.82) is 0 Å². The van der Waals surface area contributed by atoms with Crippen LogP contribution in [0.3, 0.4) is 0 Å². The summed E-state index contributed by atoms with van der Waals surface area (Å²) in [4.78, 5) is 14.1. The second-order valence-electron chi connectivity index (χ2n) is 7.10. The molecule has 158 valence electrons. The Labute approximate surface area is 169 Å². The smallest absolute Gasteiger partial charge is 0.451 e. The Morgan fingerprint density at radius 3 is 2.70 bits per heavy atom. The number of hydrogen-bond acceptors (Lipinski definition) is 5. The van der Waals surface area contributed by atoms with Gasteiger partial charge in [0.1, 0.15) is 5.75 Å². The van der Waals surface area contributed by atoms with E-state index in [1.807, 2.05) is 32.0 Å². The van der Waals surface area contributed by atoms with Crippen molar-refractivity contribution in [3.8, 4) is 5.75 Å². The van der Waals surface area contributed by atoms with E-state index in [4.69, 9.17) is 4.74 Å². The molecule has 2 aromatic heterocycles. The maximum atomic E-state index is 12.9. The molecule has 0 bridgehead atoms. The third-order valence-corrected chi connectivity index (χ3v) is 4.84. The molecule has 3 aromatic rings. The van der Waals surface area contributed by atoms with Gasteiger partial charge in [-0.15, -0.1) is 10.2 Å². The van der Waals surface area contributed by atoms with E-state index in [2.05, 4.69) is 15.3 Å². The molecule has 0 fully saturated rings. The van der Waals surface area contributed by atoms with Crippen molar-refractivity contribution in [2.45, 2.75) is 39.8 Å². The maximum Gasteiger partial charge on any atom is 0.451 e. The normalized spacial score (nSPS) is 14.0. The molecule has 0 saturated heterocycles. The zero-order valence-corrected chi connectivity index (χ0v) is 16.3. The topological polar surface area (TPSA) is 78.1 Å². The molecule has 3 heterocycles. The van der Waals surface area contributed by atoms with E-state index in [-0.39, 0.29) is 43.8 Å². The van der Waals surface area contributed by atoms with Crippen molar-refractivity contribution >= 4 is 5.91 Å². The molecule has 0 saturated carbocycles. The van der Waals surface area contributed by atoms with Crippen LogP contribution in [-0.2, 0) is 26.0 Å². The second-order valence-corrected chi connectivity index (χ2v) is 7.10. The number of halogens is 3. The van der Waals surface area contributed by atoms with Crippen molar-refractivity contribution in [1.82, 2.24) is 29.4 Å². The molecule has 0 aliphatic carbocycles. The van der Waals surface area contributed by atoms with Gasteiger partial charge in [-0.25, -0.2) is 4.68 Å². The van der Waals surface area contributed by atoms with Gasteiger partial charge in [-0.3, -0.25) is 4.79 Å². The second kappa shape index (κ2) is 7.47. The van der Waals surface area contributed by atoms with Crippen LogP contribution in [-0.4, -0.2) is 41.9 Å². The zero-order chi connectivity index (χ0) is 21.5. The van der Waals surface area contributed by atoms with Gasteiger partial charge < -0.3 is 14.2 Å². The molecule has 1 aromatic carbocycles. The van der Waals surface area contributed by atoms with E-state index >= 15 is 0 Å². The van der Waals surface area contributed by atoms with E-state index < -0.39 is 12.0 Å². The summed E-state index contributed by atoms with van der Waals surface area (Å²) in [6.45, 7) is 4.08. The largest absolute Gasteiger partial charge is 0.471 e. The first kappa shape index (κ1) is 19.9. The Bertz CT molecular complexity index is 1090. The Morgan fingerprint density at radius 1 is 1.17 bits per heavy atom. The molecule has 8 nitrogen and oxygen atoms in total. The van der Waals surface area contributed by atoms with Gasteiger partial charge >= 0.3 is 6.18 Å². The summed E-state index contributed by atoms with van der Waals surface area (Å²) < 4.78 is 47.1. The third kappa shape index (κ3) is 3.87. The van der Waals surface area contributed by atoms with Crippen molar-refractivity contribution in [2.75, 3.05) is 6.54 Å².